The summed E-state index contributed by atoms with van der Waals surface area (Å²) in [7, 11) is 1.57. The van der Waals surface area contributed by atoms with Crippen LogP contribution in [0.3, 0.4) is 0 Å². The molecule has 2 amide bonds. The molecule has 2 aromatic rings. The van der Waals surface area contributed by atoms with Crippen LogP contribution in [-0.2, 0) is 9.59 Å². The minimum absolute atomic E-state index is 0.142. The fourth-order valence-corrected chi connectivity index (χ4v) is 4.33. The van der Waals surface area contributed by atoms with E-state index in [1.54, 1.807) is 31.4 Å². The van der Waals surface area contributed by atoms with Crippen LogP contribution in [0.5, 0.6) is 11.5 Å². The fourth-order valence-electron chi connectivity index (χ4n) is 4.33. The molecule has 0 saturated carbocycles. The Morgan fingerprint density at radius 3 is 2.45 bits per heavy atom. The van der Waals surface area contributed by atoms with Crippen LogP contribution in [0.1, 0.15) is 26.2 Å². The van der Waals surface area contributed by atoms with Gasteiger partial charge in [-0.2, -0.15) is 0 Å². The van der Waals surface area contributed by atoms with Gasteiger partial charge in [0.25, 0.3) is 5.91 Å². The van der Waals surface area contributed by atoms with Gasteiger partial charge in [-0.05, 0) is 56.2 Å². The van der Waals surface area contributed by atoms with Gasteiger partial charge in [-0.3, -0.25) is 14.5 Å². The largest absolute Gasteiger partial charge is 0.497 e. The van der Waals surface area contributed by atoms with E-state index in [4.69, 9.17) is 9.47 Å². The Bertz CT molecular complexity index is 923. The van der Waals surface area contributed by atoms with Crippen molar-refractivity contribution in [1.29, 1.82) is 0 Å². The summed E-state index contributed by atoms with van der Waals surface area (Å²) in [5.74, 6) is 1.20. The molecule has 1 N–H and O–H groups in total. The SMILES string of the molecule is CCOc1ccc(NC2CCN([C@H]3CC(=O)N(c4cccc(OC)c4)C3=O)CC2)cc1. The van der Waals surface area contributed by atoms with Gasteiger partial charge in [0.1, 0.15) is 11.5 Å². The van der Waals surface area contributed by atoms with Gasteiger partial charge < -0.3 is 14.8 Å². The Hall–Kier alpha value is -3.06. The Morgan fingerprint density at radius 1 is 1.03 bits per heavy atom. The number of nitrogens with zero attached hydrogens (tertiary/aromatic N) is 2. The van der Waals surface area contributed by atoms with E-state index >= 15 is 0 Å². The molecule has 7 nitrogen and oxygen atoms in total. The van der Waals surface area contributed by atoms with E-state index in [2.05, 4.69) is 10.2 Å². The molecule has 0 aliphatic carbocycles. The summed E-state index contributed by atoms with van der Waals surface area (Å²) in [5, 5.41) is 3.57. The third-order valence-electron chi connectivity index (χ3n) is 5.94. The molecule has 7 heteroatoms. The molecule has 4 rings (SSSR count). The van der Waals surface area contributed by atoms with Gasteiger partial charge in [0.2, 0.25) is 5.91 Å². The third kappa shape index (κ3) is 4.66. The number of carbonyl (C=O) groups is 2. The fraction of sp³-hybridized carbons (Fsp3) is 0.417. The highest BCUT2D eigenvalue weighted by Gasteiger charge is 2.43. The second-order valence-electron chi connectivity index (χ2n) is 7.90. The van der Waals surface area contributed by atoms with Crippen molar-refractivity contribution in [3.05, 3.63) is 48.5 Å². The van der Waals surface area contributed by atoms with E-state index < -0.39 is 0 Å². The number of hydrogen-bond acceptors (Lipinski definition) is 6. The Balaban J connectivity index is 1.34. The van der Waals surface area contributed by atoms with Crippen molar-refractivity contribution >= 4 is 23.2 Å². The minimum atomic E-state index is -0.384. The van der Waals surface area contributed by atoms with Crippen LogP contribution < -0.4 is 19.7 Å². The number of benzene rings is 2. The monoisotopic (exact) mass is 423 g/mol. The maximum Gasteiger partial charge on any atom is 0.251 e. The second-order valence-corrected chi connectivity index (χ2v) is 7.90. The van der Waals surface area contributed by atoms with E-state index in [1.807, 2.05) is 31.2 Å². The van der Waals surface area contributed by atoms with Crippen molar-refractivity contribution in [1.82, 2.24) is 4.90 Å². The number of hydrogen-bond donors (Lipinski definition) is 1. The second kappa shape index (κ2) is 9.39. The number of methoxy groups -OCH3 is 1. The lowest BCUT2D eigenvalue weighted by molar-refractivity contribution is -0.123. The van der Waals surface area contributed by atoms with Gasteiger partial charge in [0, 0.05) is 30.9 Å². The van der Waals surface area contributed by atoms with Crippen molar-refractivity contribution < 1.29 is 19.1 Å². The molecule has 2 fully saturated rings. The van der Waals surface area contributed by atoms with E-state index in [9.17, 15) is 9.59 Å². The van der Waals surface area contributed by atoms with Gasteiger partial charge in [-0.25, -0.2) is 4.90 Å². The number of anilines is 2. The molecule has 2 aromatic carbocycles. The highest BCUT2D eigenvalue weighted by atomic mass is 16.5. The lowest BCUT2D eigenvalue weighted by Crippen LogP contribution is -2.48. The van der Waals surface area contributed by atoms with E-state index in [-0.39, 0.29) is 24.3 Å². The first-order chi connectivity index (χ1) is 15.1. The first-order valence-corrected chi connectivity index (χ1v) is 10.8. The smallest absolute Gasteiger partial charge is 0.251 e. The topological polar surface area (TPSA) is 71.1 Å². The van der Waals surface area contributed by atoms with Crippen LogP contribution >= 0.6 is 0 Å². The van der Waals surface area contributed by atoms with Crippen molar-refractivity contribution in [3.63, 3.8) is 0 Å². The molecule has 0 aromatic heterocycles. The van der Waals surface area contributed by atoms with Crippen LogP contribution in [0, 0.1) is 0 Å². The van der Waals surface area contributed by atoms with Gasteiger partial charge in [-0.15, -0.1) is 0 Å². The van der Waals surface area contributed by atoms with E-state index in [0.29, 0.717) is 24.1 Å². The average molecular weight is 424 g/mol. The van der Waals surface area contributed by atoms with Crippen LogP contribution in [-0.4, -0.2) is 55.6 Å². The first kappa shape index (κ1) is 21.2. The molecule has 0 spiro atoms. The van der Waals surface area contributed by atoms with Gasteiger partial charge >= 0.3 is 0 Å². The molecule has 2 aliphatic heterocycles. The van der Waals surface area contributed by atoms with Crippen molar-refractivity contribution in [2.24, 2.45) is 0 Å². The molecule has 0 radical (unpaired) electrons. The Labute approximate surface area is 182 Å². The summed E-state index contributed by atoms with van der Waals surface area (Å²) in [6.45, 7) is 4.19. The summed E-state index contributed by atoms with van der Waals surface area (Å²) < 4.78 is 10.7. The van der Waals surface area contributed by atoms with E-state index in [1.165, 1.54) is 4.90 Å². The highest BCUT2D eigenvalue weighted by Crippen LogP contribution is 2.30. The number of rotatable bonds is 7. The molecule has 2 saturated heterocycles. The van der Waals surface area contributed by atoms with Crippen LogP contribution in [0.15, 0.2) is 48.5 Å². The van der Waals surface area contributed by atoms with Crippen LogP contribution in [0.2, 0.25) is 0 Å². The Kier molecular flexibility index (Phi) is 6.42. The molecule has 31 heavy (non-hydrogen) atoms. The average Bonchev–Trinajstić information content (AvgIpc) is 3.09. The summed E-state index contributed by atoms with van der Waals surface area (Å²) >= 11 is 0. The van der Waals surface area contributed by atoms with Gasteiger partial charge in [0.05, 0.1) is 31.9 Å². The number of likely N-dealkylation sites (tertiary alicyclic amines) is 1. The maximum atomic E-state index is 13.1. The van der Waals surface area contributed by atoms with Crippen molar-refractivity contribution in [3.8, 4) is 11.5 Å². The predicted octanol–water partition coefficient (Wildman–Crippen LogP) is 3.30. The Morgan fingerprint density at radius 2 is 1.77 bits per heavy atom. The zero-order valence-corrected chi connectivity index (χ0v) is 18.0. The zero-order valence-electron chi connectivity index (χ0n) is 18.0. The molecule has 164 valence electrons. The number of nitrogens with one attached hydrogen (secondary N) is 1. The first-order valence-electron chi connectivity index (χ1n) is 10.8. The molecule has 0 unspecified atom stereocenters. The standard InChI is InChI=1S/C24H29N3O4/c1-3-31-20-9-7-17(8-10-20)25-18-11-13-26(14-12-18)22-16-23(28)27(24(22)29)19-5-4-6-21(15-19)30-2/h4-10,15,18,22,25H,3,11-14,16H2,1-2H3/t22-/m0/s1. The molecule has 2 heterocycles. The lowest BCUT2D eigenvalue weighted by atomic mass is 10.0. The van der Waals surface area contributed by atoms with Gasteiger partial charge in [0.15, 0.2) is 0 Å². The van der Waals surface area contributed by atoms with E-state index in [0.717, 1.165) is 37.4 Å². The minimum Gasteiger partial charge on any atom is -0.497 e. The summed E-state index contributed by atoms with van der Waals surface area (Å²) in [6, 6.07) is 15.0. The molecular weight excluding hydrogens is 394 g/mol. The molecule has 0 bridgehead atoms. The number of piperidine rings is 1. The third-order valence-corrected chi connectivity index (χ3v) is 5.94. The van der Waals surface area contributed by atoms with Crippen LogP contribution in [0.4, 0.5) is 11.4 Å². The molecule has 1 atom stereocenters. The quantitative estimate of drug-likeness (QED) is 0.689. The molecular formula is C24H29N3O4. The molecule has 2 aliphatic rings. The lowest BCUT2D eigenvalue weighted by Gasteiger charge is -2.35. The summed E-state index contributed by atoms with van der Waals surface area (Å²) in [6.07, 6.45) is 2.07. The highest BCUT2D eigenvalue weighted by molar-refractivity contribution is 6.22. The number of carbonyl (C=O) groups excluding carboxylic acids is 2. The zero-order chi connectivity index (χ0) is 21.8. The number of amides is 2. The number of imide groups is 1. The van der Waals surface area contributed by atoms with Crippen molar-refractivity contribution in [2.45, 2.75) is 38.3 Å². The summed E-state index contributed by atoms with van der Waals surface area (Å²) in [5.41, 5.74) is 1.64. The predicted molar refractivity (Wildman–Crippen MR) is 120 cm³/mol. The number of ether oxygens (including phenoxy) is 2. The van der Waals surface area contributed by atoms with Crippen LogP contribution in [0.25, 0.3) is 0 Å². The maximum absolute atomic E-state index is 13.1. The summed E-state index contributed by atoms with van der Waals surface area (Å²) in [4.78, 5) is 29.2. The normalized spacial score (nSPS) is 20.2. The van der Waals surface area contributed by atoms with Crippen molar-refractivity contribution in [2.75, 3.05) is 37.0 Å². The van der Waals surface area contributed by atoms with Gasteiger partial charge in [-0.1, -0.05) is 6.07 Å².